The summed E-state index contributed by atoms with van der Waals surface area (Å²) < 4.78 is 12.9. The number of hydrogen-bond donors (Lipinski definition) is 0. The lowest BCUT2D eigenvalue weighted by Crippen LogP contribution is -2.45. The number of carbonyl (C=O) groups excluding carboxylic acids is 1. The fraction of sp³-hybridized carbons (Fsp3) is 0.474. The Balaban J connectivity index is 1.92. The van der Waals surface area contributed by atoms with Crippen LogP contribution in [0.1, 0.15) is 37.9 Å². The maximum Gasteiger partial charge on any atom is 0.410 e. The first-order chi connectivity index (χ1) is 12.2. The lowest BCUT2D eigenvalue weighted by atomic mass is 10.0. The van der Waals surface area contributed by atoms with Crippen molar-refractivity contribution >= 4 is 17.7 Å². The number of carbonyl (C=O) groups is 1. The summed E-state index contributed by atoms with van der Waals surface area (Å²) in [6.45, 7) is 8.92. The molecule has 7 heteroatoms. The molecule has 140 valence electrons. The molecule has 2 heterocycles. The summed E-state index contributed by atoms with van der Waals surface area (Å²) in [6, 6.07) is 5.43. The Morgan fingerprint density at radius 3 is 2.77 bits per heavy atom. The van der Waals surface area contributed by atoms with Crippen molar-refractivity contribution in [1.29, 1.82) is 0 Å². The van der Waals surface area contributed by atoms with Crippen molar-refractivity contribution in [3.05, 3.63) is 46.7 Å². The van der Waals surface area contributed by atoms with Crippen molar-refractivity contribution in [3.63, 3.8) is 0 Å². The third-order valence-corrected chi connectivity index (χ3v) is 4.24. The number of halogens is 1. The van der Waals surface area contributed by atoms with Crippen LogP contribution in [0.25, 0.3) is 5.69 Å². The van der Waals surface area contributed by atoms with Crippen molar-refractivity contribution in [2.45, 2.75) is 39.3 Å². The lowest BCUT2D eigenvalue weighted by molar-refractivity contribution is -0.0331. The predicted octanol–water partition coefficient (Wildman–Crippen LogP) is 4.14. The molecule has 6 nitrogen and oxygen atoms in total. The van der Waals surface area contributed by atoms with E-state index in [9.17, 15) is 4.79 Å². The van der Waals surface area contributed by atoms with Crippen LogP contribution in [-0.4, -0.2) is 46.1 Å². The number of hydrogen-bond acceptors (Lipinski definition) is 4. The van der Waals surface area contributed by atoms with Crippen LogP contribution >= 0.6 is 11.6 Å². The van der Waals surface area contributed by atoms with Gasteiger partial charge in [-0.25, -0.2) is 9.48 Å². The molecule has 1 aliphatic heterocycles. The highest BCUT2D eigenvalue weighted by Crippen LogP contribution is 2.30. The first kappa shape index (κ1) is 18.7. The molecule has 1 aliphatic rings. The Labute approximate surface area is 158 Å². The van der Waals surface area contributed by atoms with Crippen LogP contribution in [0.2, 0.25) is 5.02 Å². The summed E-state index contributed by atoms with van der Waals surface area (Å²) in [5, 5.41) is 4.92. The average molecular weight is 378 g/mol. The van der Waals surface area contributed by atoms with E-state index in [1.54, 1.807) is 15.8 Å². The van der Waals surface area contributed by atoms with Crippen molar-refractivity contribution < 1.29 is 14.3 Å². The van der Waals surface area contributed by atoms with Gasteiger partial charge in [-0.3, -0.25) is 4.90 Å². The quantitative estimate of drug-likeness (QED) is 0.789. The van der Waals surface area contributed by atoms with Crippen molar-refractivity contribution in [1.82, 2.24) is 14.7 Å². The van der Waals surface area contributed by atoms with Gasteiger partial charge < -0.3 is 9.47 Å². The van der Waals surface area contributed by atoms with Crippen LogP contribution < -0.4 is 0 Å². The summed E-state index contributed by atoms with van der Waals surface area (Å²) in [6.07, 6.45) is 3.37. The molecule has 0 saturated carbocycles. The third kappa shape index (κ3) is 4.37. The molecule has 1 atom stereocenters. The Kier molecular flexibility index (Phi) is 5.25. The zero-order valence-corrected chi connectivity index (χ0v) is 16.3. The number of benzene rings is 1. The van der Waals surface area contributed by atoms with E-state index < -0.39 is 5.60 Å². The van der Waals surface area contributed by atoms with Crippen LogP contribution in [0.3, 0.4) is 0 Å². The van der Waals surface area contributed by atoms with Gasteiger partial charge >= 0.3 is 6.09 Å². The Bertz CT molecular complexity index is 798. The maximum absolute atomic E-state index is 12.6. The lowest BCUT2D eigenvalue weighted by Gasteiger charge is -2.37. The molecule has 0 N–H and O–H groups in total. The molecule has 1 amide bonds. The van der Waals surface area contributed by atoms with Crippen LogP contribution in [0, 0.1) is 6.92 Å². The first-order valence-electron chi connectivity index (χ1n) is 8.62. The monoisotopic (exact) mass is 377 g/mol. The molecule has 26 heavy (non-hydrogen) atoms. The van der Waals surface area contributed by atoms with Gasteiger partial charge in [-0.1, -0.05) is 11.6 Å². The number of ether oxygens (including phenoxy) is 2. The minimum absolute atomic E-state index is 0.257. The number of amides is 1. The Morgan fingerprint density at radius 1 is 1.35 bits per heavy atom. The highest BCUT2D eigenvalue weighted by molar-refractivity contribution is 6.30. The average Bonchev–Trinajstić information content (AvgIpc) is 2.99. The van der Waals surface area contributed by atoms with Crippen LogP contribution in [0.15, 0.2) is 30.6 Å². The third-order valence-electron chi connectivity index (χ3n) is 4.02. The van der Waals surface area contributed by atoms with E-state index >= 15 is 0 Å². The largest absolute Gasteiger partial charge is 0.444 e. The maximum atomic E-state index is 12.6. The summed E-state index contributed by atoms with van der Waals surface area (Å²) in [5.41, 5.74) is 2.25. The topological polar surface area (TPSA) is 56.6 Å². The second-order valence-corrected chi connectivity index (χ2v) is 7.91. The van der Waals surface area contributed by atoms with Gasteiger partial charge in [0.05, 0.1) is 31.1 Å². The number of aromatic nitrogens is 2. The van der Waals surface area contributed by atoms with E-state index in [0.29, 0.717) is 24.8 Å². The van der Waals surface area contributed by atoms with E-state index in [4.69, 9.17) is 21.1 Å². The van der Waals surface area contributed by atoms with Gasteiger partial charge in [0.25, 0.3) is 0 Å². The van der Waals surface area contributed by atoms with Crippen molar-refractivity contribution in [2.24, 2.45) is 0 Å². The second kappa shape index (κ2) is 7.29. The number of rotatable bonds is 2. The van der Waals surface area contributed by atoms with E-state index in [2.05, 4.69) is 5.10 Å². The molecule has 0 aliphatic carbocycles. The molecular formula is C19H24ClN3O3. The summed E-state index contributed by atoms with van der Waals surface area (Å²) in [4.78, 5) is 14.3. The minimum Gasteiger partial charge on any atom is -0.444 e. The van der Waals surface area contributed by atoms with Crippen LogP contribution in [0.4, 0.5) is 4.79 Å². The van der Waals surface area contributed by atoms with Gasteiger partial charge in [-0.15, -0.1) is 0 Å². The molecular weight excluding hydrogens is 354 g/mol. The van der Waals surface area contributed by atoms with Gasteiger partial charge in [0.2, 0.25) is 0 Å². The zero-order chi connectivity index (χ0) is 18.9. The molecule has 0 radical (unpaired) electrons. The minimum atomic E-state index is -0.550. The first-order valence-corrected chi connectivity index (χ1v) is 9.00. The van der Waals surface area contributed by atoms with Crippen molar-refractivity contribution in [3.8, 4) is 5.69 Å². The number of morpholine rings is 1. The van der Waals surface area contributed by atoms with Crippen LogP contribution in [0.5, 0.6) is 0 Å². The summed E-state index contributed by atoms with van der Waals surface area (Å²) in [7, 11) is 0. The fourth-order valence-electron chi connectivity index (χ4n) is 2.89. The predicted molar refractivity (Wildman–Crippen MR) is 99.8 cm³/mol. The van der Waals surface area contributed by atoms with Crippen LogP contribution in [-0.2, 0) is 9.47 Å². The Morgan fingerprint density at radius 2 is 2.12 bits per heavy atom. The van der Waals surface area contributed by atoms with E-state index in [1.807, 2.05) is 52.1 Å². The molecule has 0 unspecified atom stereocenters. The van der Waals surface area contributed by atoms with E-state index in [0.717, 1.165) is 16.8 Å². The highest BCUT2D eigenvalue weighted by Gasteiger charge is 2.32. The smallest absolute Gasteiger partial charge is 0.410 e. The van der Waals surface area contributed by atoms with E-state index in [1.165, 1.54) is 0 Å². The molecule has 1 saturated heterocycles. The van der Waals surface area contributed by atoms with Gasteiger partial charge in [0.15, 0.2) is 0 Å². The standard InChI is InChI=1S/C19H24ClN3O3/c1-13-10-21-23(11-13)16-8-14(7-15(20)9-16)17-12-25-6-5-22(17)18(24)26-19(2,3)4/h7-11,17H,5-6,12H2,1-4H3/t17-/m0/s1. The number of aryl methyl sites for hydroxylation is 1. The molecule has 0 spiro atoms. The molecule has 3 rings (SSSR count). The summed E-state index contributed by atoms with van der Waals surface area (Å²) >= 11 is 6.34. The zero-order valence-electron chi connectivity index (χ0n) is 15.5. The molecule has 1 aromatic carbocycles. The summed E-state index contributed by atoms with van der Waals surface area (Å²) in [5.74, 6) is 0. The molecule has 1 fully saturated rings. The number of nitrogens with zero attached hydrogens (tertiary/aromatic N) is 3. The van der Waals surface area contributed by atoms with Gasteiger partial charge in [-0.05, 0) is 57.0 Å². The molecule has 1 aromatic heterocycles. The second-order valence-electron chi connectivity index (χ2n) is 7.47. The van der Waals surface area contributed by atoms with Gasteiger partial charge in [0.1, 0.15) is 5.60 Å². The fourth-order valence-corrected chi connectivity index (χ4v) is 3.13. The molecule has 0 bridgehead atoms. The van der Waals surface area contributed by atoms with Crippen molar-refractivity contribution in [2.75, 3.05) is 19.8 Å². The Hall–Kier alpha value is -2.05. The highest BCUT2D eigenvalue weighted by atomic mass is 35.5. The van der Waals surface area contributed by atoms with E-state index in [-0.39, 0.29) is 12.1 Å². The molecule has 2 aromatic rings. The SMILES string of the molecule is Cc1cnn(-c2cc(Cl)cc([C@@H]3COCCN3C(=O)OC(C)(C)C)c2)c1. The normalized spacial score (nSPS) is 18.0. The van der Waals surface area contributed by atoms with Gasteiger partial charge in [-0.2, -0.15) is 5.10 Å². The van der Waals surface area contributed by atoms with Gasteiger partial charge in [0, 0.05) is 17.8 Å².